The van der Waals surface area contributed by atoms with Gasteiger partial charge >= 0.3 is 0 Å². The summed E-state index contributed by atoms with van der Waals surface area (Å²) < 4.78 is 2.26. The van der Waals surface area contributed by atoms with Gasteiger partial charge in [0.25, 0.3) is 0 Å². The van der Waals surface area contributed by atoms with Crippen LogP contribution in [-0.4, -0.2) is 9.97 Å². The van der Waals surface area contributed by atoms with Crippen molar-refractivity contribution in [2.24, 2.45) is 0 Å². The number of fused-ring (bicyclic) bond motifs is 3. The van der Waals surface area contributed by atoms with Crippen LogP contribution in [0.4, 0.5) is 0 Å². The van der Waals surface area contributed by atoms with Crippen LogP contribution in [-0.2, 0) is 0 Å². The molecule has 0 saturated heterocycles. The Kier molecular flexibility index (Phi) is 3.70. The third-order valence-corrected chi connectivity index (χ3v) is 5.77. The molecule has 2 heterocycles. The van der Waals surface area contributed by atoms with Gasteiger partial charge < -0.3 is 0 Å². The predicted octanol–water partition coefficient (Wildman–Crippen LogP) is 6.83. The maximum Gasteiger partial charge on any atom is 0.223 e. The normalized spacial score (nSPS) is 11.3. The lowest BCUT2D eigenvalue weighted by atomic mass is 10.0. The molecule has 0 spiro atoms. The van der Waals surface area contributed by atoms with E-state index >= 15 is 0 Å². The number of thiophene rings is 1. The molecular weight excluding hydrogens is 360 g/mol. The van der Waals surface area contributed by atoms with E-state index in [9.17, 15) is 0 Å². The second kappa shape index (κ2) is 6.20. The molecular formula is C22H13ClN2S. The number of hydrogen-bond donors (Lipinski definition) is 0. The van der Waals surface area contributed by atoms with Gasteiger partial charge in [0.1, 0.15) is 0 Å². The zero-order valence-corrected chi connectivity index (χ0v) is 15.3. The van der Waals surface area contributed by atoms with E-state index in [-0.39, 0.29) is 5.28 Å². The van der Waals surface area contributed by atoms with Crippen molar-refractivity contribution in [3.05, 3.63) is 84.1 Å². The topological polar surface area (TPSA) is 25.8 Å². The van der Waals surface area contributed by atoms with E-state index in [4.69, 9.17) is 11.6 Å². The molecule has 0 aliphatic rings. The molecule has 4 heteroatoms. The van der Waals surface area contributed by atoms with Gasteiger partial charge in [-0.05, 0) is 34.9 Å². The summed E-state index contributed by atoms with van der Waals surface area (Å²) in [6, 6.07) is 27.0. The highest BCUT2D eigenvalue weighted by atomic mass is 35.5. The molecule has 2 nitrogen and oxygen atoms in total. The van der Waals surface area contributed by atoms with Crippen LogP contribution in [0.3, 0.4) is 0 Å². The Labute approximate surface area is 159 Å². The highest BCUT2D eigenvalue weighted by molar-refractivity contribution is 7.26. The molecule has 0 amide bonds. The average molecular weight is 373 g/mol. The Morgan fingerprint density at radius 1 is 0.692 bits per heavy atom. The summed E-state index contributed by atoms with van der Waals surface area (Å²) in [7, 11) is 0. The zero-order chi connectivity index (χ0) is 17.5. The van der Waals surface area contributed by atoms with E-state index in [1.807, 2.05) is 30.3 Å². The Hall–Kier alpha value is -2.75. The average Bonchev–Trinajstić information content (AvgIpc) is 3.07. The predicted molar refractivity (Wildman–Crippen MR) is 111 cm³/mol. The molecule has 0 aliphatic carbocycles. The first-order chi connectivity index (χ1) is 12.8. The lowest BCUT2D eigenvalue weighted by molar-refractivity contribution is 1.24. The van der Waals surface area contributed by atoms with Crippen molar-refractivity contribution in [2.45, 2.75) is 0 Å². The molecule has 0 bridgehead atoms. The van der Waals surface area contributed by atoms with Gasteiger partial charge in [-0.3, -0.25) is 0 Å². The summed E-state index contributed by atoms with van der Waals surface area (Å²) in [5.74, 6) is 0. The molecule has 0 radical (unpaired) electrons. The second-order valence-corrected chi connectivity index (χ2v) is 7.45. The maximum atomic E-state index is 6.27. The third-order valence-electron chi connectivity index (χ3n) is 4.44. The summed E-state index contributed by atoms with van der Waals surface area (Å²) in [4.78, 5) is 9.06. The lowest BCUT2D eigenvalue weighted by Gasteiger charge is -2.07. The van der Waals surface area contributed by atoms with Crippen LogP contribution in [0.1, 0.15) is 0 Å². The first-order valence-electron chi connectivity index (χ1n) is 8.30. The molecule has 3 aromatic carbocycles. The fourth-order valence-corrected chi connectivity index (χ4v) is 4.56. The number of aromatic nitrogens is 2. The lowest BCUT2D eigenvalue weighted by Crippen LogP contribution is -1.89. The standard InChI is InChI=1S/C22H13ClN2S/c23-22-24-19(21-20(25-22)17-11-4-5-12-18(17)26-21)16-10-6-9-15(13-16)14-7-2-1-3-8-14/h1-13H. The first-order valence-corrected chi connectivity index (χ1v) is 9.50. The van der Waals surface area contributed by atoms with Crippen molar-refractivity contribution < 1.29 is 0 Å². The van der Waals surface area contributed by atoms with E-state index in [1.165, 1.54) is 10.3 Å². The van der Waals surface area contributed by atoms with Crippen LogP contribution in [0.15, 0.2) is 78.9 Å². The van der Waals surface area contributed by atoms with Crippen LogP contribution in [0, 0.1) is 0 Å². The smallest absolute Gasteiger partial charge is 0.216 e. The van der Waals surface area contributed by atoms with Crippen LogP contribution in [0.25, 0.3) is 42.7 Å². The summed E-state index contributed by atoms with van der Waals surface area (Å²) in [6.07, 6.45) is 0. The van der Waals surface area contributed by atoms with Gasteiger partial charge in [0.2, 0.25) is 5.28 Å². The molecule has 0 aliphatic heterocycles. The molecule has 0 saturated carbocycles. The van der Waals surface area contributed by atoms with Crippen LogP contribution >= 0.6 is 22.9 Å². The largest absolute Gasteiger partial charge is 0.223 e. The van der Waals surface area contributed by atoms with Gasteiger partial charge in [-0.1, -0.05) is 66.7 Å². The quantitative estimate of drug-likeness (QED) is 0.317. The molecule has 0 unspecified atom stereocenters. The first kappa shape index (κ1) is 15.5. The van der Waals surface area contributed by atoms with Gasteiger partial charge in [-0.15, -0.1) is 11.3 Å². The van der Waals surface area contributed by atoms with E-state index in [0.29, 0.717) is 0 Å². The van der Waals surface area contributed by atoms with Crippen molar-refractivity contribution >= 4 is 43.2 Å². The molecule has 26 heavy (non-hydrogen) atoms. The summed E-state index contributed by atoms with van der Waals surface area (Å²) in [5.41, 5.74) is 5.20. The van der Waals surface area contributed by atoms with Crippen LogP contribution in [0.2, 0.25) is 5.28 Å². The minimum atomic E-state index is 0.279. The van der Waals surface area contributed by atoms with Crippen molar-refractivity contribution in [2.75, 3.05) is 0 Å². The number of nitrogens with zero attached hydrogens (tertiary/aromatic N) is 2. The van der Waals surface area contributed by atoms with Crippen molar-refractivity contribution in [1.29, 1.82) is 0 Å². The van der Waals surface area contributed by atoms with Crippen molar-refractivity contribution in [3.8, 4) is 22.4 Å². The Morgan fingerprint density at radius 3 is 2.31 bits per heavy atom. The van der Waals surface area contributed by atoms with E-state index < -0.39 is 0 Å². The minimum absolute atomic E-state index is 0.279. The zero-order valence-electron chi connectivity index (χ0n) is 13.7. The Bertz CT molecular complexity index is 1250. The van der Waals surface area contributed by atoms with Crippen LogP contribution in [0.5, 0.6) is 0 Å². The molecule has 124 valence electrons. The van der Waals surface area contributed by atoms with E-state index in [0.717, 1.165) is 32.4 Å². The number of halogens is 1. The fraction of sp³-hybridized carbons (Fsp3) is 0. The monoisotopic (exact) mass is 372 g/mol. The summed E-state index contributed by atoms with van der Waals surface area (Å²) in [5, 5.41) is 1.40. The van der Waals surface area contributed by atoms with E-state index in [1.54, 1.807) is 11.3 Å². The van der Waals surface area contributed by atoms with Gasteiger partial charge in [0.05, 0.1) is 15.9 Å². The fourth-order valence-electron chi connectivity index (χ4n) is 3.24. The summed E-state index contributed by atoms with van der Waals surface area (Å²) in [6.45, 7) is 0. The molecule has 0 fully saturated rings. The van der Waals surface area contributed by atoms with Gasteiger partial charge in [0, 0.05) is 15.6 Å². The van der Waals surface area contributed by atoms with Gasteiger partial charge in [-0.25, -0.2) is 9.97 Å². The summed E-state index contributed by atoms with van der Waals surface area (Å²) >= 11 is 7.98. The Morgan fingerprint density at radius 2 is 1.42 bits per heavy atom. The SMILES string of the molecule is Clc1nc(-c2cccc(-c3ccccc3)c2)c2sc3ccccc3c2n1. The highest BCUT2D eigenvalue weighted by Crippen LogP contribution is 2.39. The van der Waals surface area contributed by atoms with Gasteiger partial charge in [-0.2, -0.15) is 0 Å². The third kappa shape index (κ3) is 2.57. The minimum Gasteiger partial charge on any atom is -0.216 e. The number of rotatable bonds is 2. The second-order valence-electron chi connectivity index (χ2n) is 6.06. The van der Waals surface area contributed by atoms with Crippen LogP contribution < -0.4 is 0 Å². The molecule has 5 aromatic rings. The maximum absolute atomic E-state index is 6.27. The number of hydrogen-bond acceptors (Lipinski definition) is 3. The van der Waals surface area contributed by atoms with Crippen molar-refractivity contribution in [1.82, 2.24) is 9.97 Å². The number of benzene rings is 3. The van der Waals surface area contributed by atoms with Crippen molar-refractivity contribution in [3.63, 3.8) is 0 Å². The van der Waals surface area contributed by atoms with Gasteiger partial charge in [0.15, 0.2) is 0 Å². The molecule has 0 atom stereocenters. The van der Waals surface area contributed by atoms with E-state index in [2.05, 4.69) is 58.5 Å². The molecule has 0 N–H and O–H groups in total. The molecule has 5 rings (SSSR count). The molecule has 2 aromatic heterocycles. The Balaban J connectivity index is 1.77. The highest BCUT2D eigenvalue weighted by Gasteiger charge is 2.15.